The second-order valence-electron chi connectivity index (χ2n) is 4.93. The van der Waals surface area contributed by atoms with Crippen molar-refractivity contribution in [2.75, 3.05) is 6.61 Å². The van der Waals surface area contributed by atoms with Crippen LogP contribution in [-0.2, 0) is 14.3 Å². The molecule has 3 atom stereocenters. The van der Waals surface area contributed by atoms with Gasteiger partial charge in [-0.05, 0) is 26.7 Å². The molecule has 2 amide bonds. The first-order valence-electron chi connectivity index (χ1n) is 6.92. The molecule has 20 heavy (non-hydrogen) atoms. The molecular weight excluding hydrogens is 264 g/mol. The predicted molar refractivity (Wildman–Crippen MR) is 71.1 cm³/mol. The lowest BCUT2D eigenvalue weighted by Crippen LogP contribution is -2.52. The van der Waals surface area contributed by atoms with Crippen molar-refractivity contribution in [1.29, 1.82) is 0 Å². The standard InChI is InChI=1S/C13H22N2O5/c1-3-20-12(18)8(2)14-13(19)15-10-7-5-4-6-9(10)11(16)17/h8-10H,3-7H2,1-2H3,(H,16,17)(H2,14,15,19). The van der Waals surface area contributed by atoms with Gasteiger partial charge in [-0.2, -0.15) is 0 Å². The highest BCUT2D eigenvalue weighted by atomic mass is 16.5. The molecule has 7 nitrogen and oxygen atoms in total. The van der Waals surface area contributed by atoms with Gasteiger partial charge in [0, 0.05) is 6.04 Å². The molecule has 0 saturated heterocycles. The highest BCUT2D eigenvalue weighted by molar-refractivity contribution is 5.83. The topological polar surface area (TPSA) is 105 Å². The summed E-state index contributed by atoms with van der Waals surface area (Å²) in [7, 11) is 0. The number of ether oxygens (including phenoxy) is 1. The van der Waals surface area contributed by atoms with Crippen molar-refractivity contribution >= 4 is 18.0 Å². The van der Waals surface area contributed by atoms with Gasteiger partial charge in [-0.3, -0.25) is 4.79 Å². The summed E-state index contributed by atoms with van der Waals surface area (Å²) in [6, 6.07) is -1.69. The number of urea groups is 1. The fourth-order valence-corrected chi connectivity index (χ4v) is 2.33. The maximum atomic E-state index is 11.8. The van der Waals surface area contributed by atoms with Crippen molar-refractivity contribution in [2.24, 2.45) is 5.92 Å². The van der Waals surface area contributed by atoms with Gasteiger partial charge < -0.3 is 20.5 Å². The van der Waals surface area contributed by atoms with Gasteiger partial charge in [0.2, 0.25) is 0 Å². The molecule has 1 fully saturated rings. The summed E-state index contributed by atoms with van der Waals surface area (Å²) in [4.78, 5) is 34.3. The molecule has 1 rings (SSSR count). The van der Waals surface area contributed by atoms with E-state index in [1.165, 1.54) is 6.92 Å². The summed E-state index contributed by atoms with van der Waals surface area (Å²) < 4.78 is 4.78. The minimum Gasteiger partial charge on any atom is -0.481 e. The number of hydrogen-bond acceptors (Lipinski definition) is 4. The summed E-state index contributed by atoms with van der Waals surface area (Å²) >= 11 is 0. The van der Waals surface area contributed by atoms with E-state index in [0.29, 0.717) is 12.8 Å². The molecule has 0 spiro atoms. The van der Waals surface area contributed by atoms with Crippen LogP contribution in [0.1, 0.15) is 39.5 Å². The molecule has 0 aromatic carbocycles. The van der Waals surface area contributed by atoms with Crippen LogP contribution in [0.4, 0.5) is 4.79 Å². The Balaban J connectivity index is 2.48. The summed E-state index contributed by atoms with van der Waals surface area (Å²) in [6.07, 6.45) is 2.95. The molecule has 3 N–H and O–H groups in total. The quantitative estimate of drug-likeness (QED) is 0.651. The molecule has 7 heteroatoms. The normalized spacial score (nSPS) is 23.5. The molecule has 0 radical (unpaired) electrons. The minimum atomic E-state index is -0.895. The monoisotopic (exact) mass is 286 g/mol. The zero-order valence-corrected chi connectivity index (χ0v) is 11.8. The van der Waals surface area contributed by atoms with Crippen LogP contribution < -0.4 is 10.6 Å². The Morgan fingerprint density at radius 1 is 1.30 bits per heavy atom. The van der Waals surface area contributed by atoms with Crippen LogP contribution >= 0.6 is 0 Å². The van der Waals surface area contributed by atoms with E-state index in [9.17, 15) is 14.4 Å². The van der Waals surface area contributed by atoms with E-state index in [1.807, 2.05) is 0 Å². The Kier molecular flexibility index (Phi) is 6.27. The molecule has 0 aromatic heterocycles. The largest absolute Gasteiger partial charge is 0.481 e. The van der Waals surface area contributed by atoms with Crippen molar-refractivity contribution in [3.63, 3.8) is 0 Å². The van der Waals surface area contributed by atoms with Gasteiger partial charge in [-0.15, -0.1) is 0 Å². The van der Waals surface area contributed by atoms with Gasteiger partial charge in [-0.1, -0.05) is 12.8 Å². The number of carbonyl (C=O) groups is 3. The number of esters is 1. The molecule has 3 unspecified atom stereocenters. The Labute approximate surface area is 118 Å². The van der Waals surface area contributed by atoms with Gasteiger partial charge in [0.15, 0.2) is 0 Å². The van der Waals surface area contributed by atoms with Gasteiger partial charge in [0.1, 0.15) is 6.04 Å². The van der Waals surface area contributed by atoms with Crippen LogP contribution in [0.15, 0.2) is 0 Å². The maximum absolute atomic E-state index is 11.8. The Hall–Kier alpha value is -1.79. The van der Waals surface area contributed by atoms with Crippen molar-refractivity contribution in [2.45, 2.75) is 51.6 Å². The highest BCUT2D eigenvalue weighted by Gasteiger charge is 2.32. The number of rotatable bonds is 5. The van der Waals surface area contributed by atoms with E-state index in [0.717, 1.165) is 12.8 Å². The van der Waals surface area contributed by atoms with Crippen molar-refractivity contribution in [1.82, 2.24) is 10.6 Å². The molecule has 0 aliphatic heterocycles. The number of amides is 2. The Morgan fingerprint density at radius 3 is 2.55 bits per heavy atom. The third-order valence-electron chi connectivity index (χ3n) is 3.39. The fourth-order valence-electron chi connectivity index (χ4n) is 2.33. The Morgan fingerprint density at radius 2 is 1.95 bits per heavy atom. The van der Waals surface area contributed by atoms with Crippen LogP contribution in [0.3, 0.4) is 0 Å². The molecule has 114 valence electrons. The summed E-state index contributed by atoms with van der Waals surface area (Å²) in [6.45, 7) is 3.45. The van der Waals surface area contributed by atoms with E-state index < -0.39 is 36.0 Å². The van der Waals surface area contributed by atoms with E-state index in [-0.39, 0.29) is 6.61 Å². The number of carboxylic acids is 1. The molecule has 0 heterocycles. The molecule has 1 saturated carbocycles. The average molecular weight is 286 g/mol. The SMILES string of the molecule is CCOC(=O)C(C)NC(=O)NC1CCCCC1C(=O)O. The average Bonchev–Trinajstić information content (AvgIpc) is 2.39. The molecule has 0 aromatic rings. The third kappa shape index (κ3) is 4.71. The number of carbonyl (C=O) groups excluding carboxylic acids is 2. The van der Waals surface area contributed by atoms with Crippen LogP contribution in [-0.4, -0.2) is 41.8 Å². The van der Waals surface area contributed by atoms with Gasteiger partial charge in [0.25, 0.3) is 0 Å². The number of hydrogen-bond donors (Lipinski definition) is 3. The first-order chi connectivity index (χ1) is 9.45. The van der Waals surface area contributed by atoms with Crippen LogP contribution in [0.25, 0.3) is 0 Å². The summed E-state index contributed by atoms with van der Waals surface area (Å²) in [5.74, 6) is -1.97. The lowest BCUT2D eigenvalue weighted by Gasteiger charge is -2.29. The van der Waals surface area contributed by atoms with E-state index >= 15 is 0 Å². The zero-order chi connectivity index (χ0) is 15.1. The number of carboxylic acid groups (broad SMARTS) is 1. The maximum Gasteiger partial charge on any atom is 0.328 e. The lowest BCUT2D eigenvalue weighted by atomic mass is 9.84. The smallest absolute Gasteiger partial charge is 0.328 e. The molecular formula is C13H22N2O5. The second kappa shape index (κ2) is 7.72. The zero-order valence-electron chi connectivity index (χ0n) is 11.8. The number of nitrogens with one attached hydrogen (secondary N) is 2. The second-order valence-corrected chi connectivity index (χ2v) is 4.93. The van der Waals surface area contributed by atoms with Gasteiger partial charge >= 0.3 is 18.0 Å². The first kappa shape index (κ1) is 16.3. The summed E-state index contributed by atoms with van der Waals surface area (Å²) in [5.41, 5.74) is 0. The van der Waals surface area contributed by atoms with Crippen LogP contribution in [0.2, 0.25) is 0 Å². The van der Waals surface area contributed by atoms with Gasteiger partial charge in [0.05, 0.1) is 12.5 Å². The highest BCUT2D eigenvalue weighted by Crippen LogP contribution is 2.24. The van der Waals surface area contributed by atoms with Crippen LogP contribution in [0, 0.1) is 5.92 Å². The molecule has 1 aliphatic carbocycles. The predicted octanol–water partition coefficient (Wildman–Crippen LogP) is 0.881. The summed E-state index contributed by atoms with van der Waals surface area (Å²) in [5, 5.41) is 14.2. The van der Waals surface area contributed by atoms with E-state index in [4.69, 9.17) is 9.84 Å². The first-order valence-corrected chi connectivity index (χ1v) is 6.92. The van der Waals surface area contributed by atoms with Crippen molar-refractivity contribution in [3.05, 3.63) is 0 Å². The molecule has 1 aliphatic rings. The molecule has 0 bridgehead atoms. The van der Waals surface area contributed by atoms with Crippen molar-refractivity contribution in [3.8, 4) is 0 Å². The number of aliphatic carboxylic acids is 1. The fraction of sp³-hybridized carbons (Fsp3) is 0.769. The third-order valence-corrected chi connectivity index (χ3v) is 3.39. The lowest BCUT2D eigenvalue weighted by molar-refractivity contribution is -0.145. The minimum absolute atomic E-state index is 0.246. The van der Waals surface area contributed by atoms with Crippen molar-refractivity contribution < 1.29 is 24.2 Å². The van der Waals surface area contributed by atoms with Gasteiger partial charge in [-0.25, -0.2) is 9.59 Å². The van der Waals surface area contributed by atoms with E-state index in [2.05, 4.69) is 10.6 Å². The van der Waals surface area contributed by atoms with Crippen LogP contribution in [0.5, 0.6) is 0 Å². The van der Waals surface area contributed by atoms with E-state index in [1.54, 1.807) is 6.92 Å². The Bertz CT molecular complexity index is 372.